The fourth-order valence-electron chi connectivity index (χ4n) is 3.67. The summed E-state index contributed by atoms with van der Waals surface area (Å²) in [5, 5.41) is 6.05. The van der Waals surface area contributed by atoms with Crippen molar-refractivity contribution in [3.05, 3.63) is 24.0 Å². The molecule has 2 fully saturated rings. The molecule has 2 aliphatic rings. The summed E-state index contributed by atoms with van der Waals surface area (Å²) < 4.78 is 41.4. The lowest BCUT2D eigenvalue weighted by molar-refractivity contribution is -0.118. The van der Waals surface area contributed by atoms with Gasteiger partial charge in [0.2, 0.25) is 15.9 Å². The normalized spacial score (nSPS) is 21.4. The second-order valence-electron chi connectivity index (χ2n) is 8.36. The first-order valence-corrected chi connectivity index (χ1v) is 10.4. The number of sulfonamides is 1. The largest absolute Gasteiger partial charge is 0.326 e. The number of hydrogen-bond acceptors (Lipinski definition) is 4. The monoisotopic (exact) mass is 419 g/mol. The molecule has 0 radical (unpaired) electrons. The Morgan fingerprint density at radius 1 is 1.26 bits per heavy atom. The molecular formula is C18H27ClFN3O3S. The molecule has 3 N–H and O–H groups in total. The van der Waals surface area contributed by atoms with Crippen LogP contribution < -0.4 is 15.4 Å². The first-order chi connectivity index (χ1) is 12.0. The van der Waals surface area contributed by atoms with Gasteiger partial charge < -0.3 is 10.6 Å². The fourth-order valence-corrected chi connectivity index (χ4v) is 5.19. The predicted molar refractivity (Wildman–Crippen MR) is 105 cm³/mol. The van der Waals surface area contributed by atoms with E-state index in [2.05, 4.69) is 15.4 Å². The summed E-state index contributed by atoms with van der Waals surface area (Å²) in [7, 11) is -4.02. The number of benzene rings is 1. The van der Waals surface area contributed by atoms with E-state index in [1.54, 1.807) is 20.8 Å². The molecule has 1 aromatic rings. The van der Waals surface area contributed by atoms with Gasteiger partial charge in [-0.25, -0.2) is 17.5 Å². The van der Waals surface area contributed by atoms with Crippen molar-refractivity contribution in [2.75, 3.05) is 18.4 Å². The Kier molecular flexibility index (Phi) is 6.26. The number of rotatable bonds is 4. The minimum Gasteiger partial charge on any atom is -0.326 e. The molecule has 27 heavy (non-hydrogen) atoms. The summed E-state index contributed by atoms with van der Waals surface area (Å²) in [6.07, 6.45) is 2.81. The number of amides is 1. The lowest BCUT2D eigenvalue weighted by Gasteiger charge is -2.23. The SMILES string of the molecule is CC(C)(C)NS(=O)(=O)c1cc(NC(=O)C2CC23CCNCC3)ccc1F.Cl. The van der Waals surface area contributed by atoms with Crippen LogP contribution in [0, 0.1) is 17.2 Å². The highest BCUT2D eigenvalue weighted by Crippen LogP contribution is 2.58. The third kappa shape index (κ3) is 4.99. The first-order valence-electron chi connectivity index (χ1n) is 8.88. The molecule has 0 aromatic heterocycles. The quantitative estimate of drug-likeness (QED) is 0.700. The van der Waals surface area contributed by atoms with Crippen LogP contribution in [0.25, 0.3) is 0 Å². The van der Waals surface area contributed by atoms with Gasteiger partial charge in [-0.1, -0.05) is 0 Å². The van der Waals surface area contributed by atoms with Crippen molar-refractivity contribution in [3.8, 4) is 0 Å². The summed E-state index contributed by atoms with van der Waals surface area (Å²) >= 11 is 0. The summed E-state index contributed by atoms with van der Waals surface area (Å²) in [6, 6.07) is 3.64. The summed E-state index contributed by atoms with van der Waals surface area (Å²) in [5.74, 6) is -1.02. The minimum absolute atomic E-state index is 0. The third-order valence-corrected chi connectivity index (χ3v) is 6.81. The molecule has 1 aliphatic heterocycles. The van der Waals surface area contributed by atoms with E-state index in [1.807, 2.05) is 0 Å². The lowest BCUT2D eigenvalue weighted by Crippen LogP contribution is -2.40. The van der Waals surface area contributed by atoms with Gasteiger partial charge in [0.15, 0.2) is 0 Å². The molecule has 1 heterocycles. The standard InChI is InChI=1S/C18H26FN3O3S.ClH/c1-17(2,3)22-26(24,25)15-10-12(4-5-14(15)19)21-16(23)13-11-18(13)6-8-20-9-7-18;/h4-5,10,13,20,22H,6-9,11H2,1-3H3,(H,21,23);1H. The van der Waals surface area contributed by atoms with Crippen molar-refractivity contribution >= 4 is 34.0 Å². The van der Waals surface area contributed by atoms with Gasteiger partial charge in [-0.3, -0.25) is 4.79 Å². The summed E-state index contributed by atoms with van der Waals surface area (Å²) in [5.41, 5.74) is -0.362. The number of piperidine rings is 1. The Bertz CT molecular complexity index is 818. The average molecular weight is 420 g/mol. The zero-order valence-corrected chi connectivity index (χ0v) is 17.4. The van der Waals surface area contributed by atoms with Gasteiger partial charge in [0.05, 0.1) is 0 Å². The van der Waals surface area contributed by atoms with E-state index < -0.39 is 26.3 Å². The van der Waals surface area contributed by atoms with E-state index in [9.17, 15) is 17.6 Å². The molecule has 1 atom stereocenters. The van der Waals surface area contributed by atoms with E-state index in [0.717, 1.165) is 38.4 Å². The molecule has 1 amide bonds. The molecular weight excluding hydrogens is 393 g/mol. The average Bonchev–Trinajstić information content (AvgIpc) is 3.20. The Balaban J connectivity index is 0.00000261. The molecule has 0 bridgehead atoms. The molecule has 9 heteroatoms. The van der Waals surface area contributed by atoms with Crippen LogP contribution in [0.3, 0.4) is 0 Å². The number of carbonyl (C=O) groups is 1. The van der Waals surface area contributed by atoms with E-state index in [0.29, 0.717) is 5.69 Å². The highest BCUT2D eigenvalue weighted by Gasteiger charge is 2.57. The number of nitrogens with one attached hydrogen (secondary N) is 3. The maximum atomic E-state index is 14.1. The number of hydrogen-bond donors (Lipinski definition) is 3. The van der Waals surface area contributed by atoms with Crippen molar-refractivity contribution in [1.82, 2.24) is 10.0 Å². The van der Waals surface area contributed by atoms with Crippen molar-refractivity contribution in [2.45, 2.75) is 50.5 Å². The number of carbonyl (C=O) groups excluding carboxylic acids is 1. The van der Waals surface area contributed by atoms with E-state index in [4.69, 9.17) is 0 Å². The molecule has 152 valence electrons. The Hall–Kier alpha value is -1.22. The smallest absolute Gasteiger partial charge is 0.244 e. The second-order valence-corrected chi connectivity index (χ2v) is 10.0. The Labute approximate surface area is 166 Å². The van der Waals surface area contributed by atoms with Crippen LogP contribution in [-0.2, 0) is 14.8 Å². The van der Waals surface area contributed by atoms with Gasteiger partial charge in [0.1, 0.15) is 10.7 Å². The van der Waals surface area contributed by atoms with Crippen molar-refractivity contribution in [1.29, 1.82) is 0 Å². The molecule has 1 aliphatic carbocycles. The molecule has 1 spiro atoms. The molecule has 1 saturated carbocycles. The highest BCUT2D eigenvalue weighted by atomic mass is 35.5. The van der Waals surface area contributed by atoms with Crippen molar-refractivity contribution < 1.29 is 17.6 Å². The van der Waals surface area contributed by atoms with E-state index in [-0.39, 0.29) is 29.6 Å². The van der Waals surface area contributed by atoms with E-state index in [1.165, 1.54) is 12.1 Å². The van der Waals surface area contributed by atoms with Crippen LogP contribution in [0.15, 0.2) is 23.1 Å². The topological polar surface area (TPSA) is 87.3 Å². The van der Waals surface area contributed by atoms with Crippen molar-refractivity contribution in [2.24, 2.45) is 11.3 Å². The number of halogens is 2. The van der Waals surface area contributed by atoms with Crippen LogP contribution in [0.5, 0.6) is 0 Å². The highest BCUT2D eigenvalue weighted by molar-refractivity contribution is 7.89. The van der Waals surface area contributed by atoms with Gasteiger partial charge in [-0.15, -0.1) is 12.4 Å². The van der Waals surface area contributed by atoms with Gasteiger partial charge in [-0.05, 0) is 76.7 Å². The molecule has 1 saturated heterocycles. The molecule has 3 rings (SSSR count). The van der Waals surface area contributed by atoms with Crippen LogP contribution in [0.1, 0.15) is 40.0 Å². The van der Waals surface area contributed by atoms with Crippen LogP contribution in [-0.4, -0.2) is 33.0 Å². The fraction of sp³-hybridized carbons (Fsp3) is 0.611. The zero-order chi connectivity index (χ0) is 19.2. The van der Waals surface area contributed by atoms with Crippen LogP contribution >= 0.6 is 12.4 Å². The Morgan fingerprint density at radius 2 is 1.89 bits per heavy atom. The molecule has 1 aromatic carbocycles. The van der Waals surface area contributed by atoms with Gasteiger partial charge in [-0.2, -0.15) is 0 Å². The third-order valence-electron chi connectivity index (χ3n) is 5.03. The number of anilines is 1. The zero-order valence-electron chi connectivity index (χ0n) is 15.8. The summed E-state index contributed by atoms with van der Waals surface area (Å²) in [4.78, 5) is 12.1. The second kappa shape index (κ2) is 7.66. The maximum absolute atomic E-state index is 14.1. The molecule has 1 unspecified atom stereocenters. The molecule has 6 nitrogen and oxygen atoms in total. The van der Waals surface area contributed by atoms with E-state index >= 15 is 0 Å². The van der Waals surface area contributed by atoms with Crippen LogP contribution in [0.2, 0.25) is 0 Å². The Morgan fingerprint density at radius 3 is 2.48 bits per heavy atom. The first kappa shape index (κ1) is 22.1. The van der Waals surface area contributed by atoms with Crippen LogP contribution in [0.4, 0.5) is 10.1 Å². The summed E-state index contributed by atoms with van der Waals surface area (Å²) in [6.45, 7) is 6.88. The maximum Gasteiger partial charge on any atom is 0.244 e. The van der Waals surface area contributed by atoms with Gasteiger partial charge in [0, 0.05) is 17.1 Å². The van der Waals surface area contributed by atoms with Crippen molar-refractivity contribution in [3.63, 3.8) is 0 Å². The predicted octanol–water partition coefficient (Wildman–Crippen LogP) is 2.65. The van der Waals surface area contributed by atoms with Gasteiger partial charge >= 0.3 is 0 Å². The minimum atomic E-state index is -4.02. The van der Waals surface area contributed by atoms with Gasteiger partial charge in [0.25, 0.3) is 0 Å². The lowest BCUT2D eigenvalue weighted by atomic mass is 9.92.